The fraction of sp³-hybridized carbons (Fsp3) is 1.00. The van der Waals surface area contributed by atoms with Crippen LogP contribution in [0.5, 0.6) is 0 Å². The van der Waals surface area contributed by atoms with Crippen molar-refractivity contribution in [2.24, 2.45) is 17.8 Å². The second-order valence-electron chi connectivity index (χ2n) is 9.54. The van der Waals surface area contributed by atoms with Crippen molar-refractivity contribution in [2.45, 2.75) is 136 Å². The Balaban J connectivity index is 1.65. The van der Waals surface area contributed by atoms with Crippen molar-refractivity contribution in [1.29, 1.82) is 0 Å². The fourth-order valence-electron chi connectivity index (χ4n) is 5.89. The summed E-state index contributed by atoms with van der Waals surface area (Å²) < 4.78 is 6.30. The molecule has 0 unspecified atom stereocenters. The van der Waals surface area contributed by atoms with Crippen molar-refractivity contribution in [2.75, 3.05) is 6.61 Å². The van der Waals surface area contributed by atoms with E-state index in [1.54, 1.807) is 0 Å². The van der Waals surface area contributed by atoms with Gasteiger partial charge in [-0.3, -0.25) is 0 Å². The quantitative estimate of drug-likeness (QED) is 0.316. The monoisotopic (exact) mass is 364 g/mol. The highest BCUT2D eigenvalue weighted by molar-refractivity contribution is 4.90. The van der Waals surface area contributed by atoms with Crippen molar-refractivity contribution < 1.29 is 4.74 Å². The number of ether oxygens (including phenoxy) is 1. The Labute approximate surface area is 165 Å². The summed E-state index contributed by atoms with van der Waals surface area (Å²) in [6, 6.07) is 0. The molecule has 0 aromatic heterocycles. The maximum Gasteiger partial charge on any atom is 0.0682 e. The zero-order valence-electron chi connectivity index (χ0n) is 18.4. The summed E-state index contributed by atoms with van der Waals surface area (Å²) in [4.78, 5) is 0. The second kappa shape index (κ2) is 12.4. The third-order valence-corrected chi connectivity index (χ3v) is 7.65. The molecule has 0 atom stereocenters. The van der Waals surface area contributed by atoms with Crippen molar-refractivity contribution in [3.05, 3.63) is 0 Å². The molecule has 0 aromatic carbocycles. The highest BCUT2D eigenvalue weighted by Gasteiger charge is 2.38. The molecule has 0 spiro atoms. The van der Waals surface area contributed by atoms with E-state index >= 15 is 0 Å². The van der Waals surface area contributed by atoms with Gasteiger partial charge in [0.2, 0.25) is 0 Å². The zero-order valence-corrected chi connectivity index (χ0v) is 18.4. The van der Waals surface area contributed by atoms with Gasteiger partial charge in [-0.2, -0.15) is 0 Å². The van der Waals surface area contributed by atoms with Gasteiger partial charge in [-0.15, -0.1) is 0 Å². The molecule has 0 bridgehead atoms. The number of hydrogen-bond donors (Lipinski definition) is 0. The van der Waals surface area contributed by atoms with Gasteiger partial charge in [-0.05, 0) is 69.6 Å². The number of unbranched alkanes of at least 4 members (excludes halogenated alkanes) is 5. The lowest BCUT2D eigenvalue weighted by Crippen LogP contribution is -2.39. The van der Waals surface area contributed by atoms with Crippen LogP contribution in [0.1, 0.15) is 130 Å². The fourth-order valence-corrected chi connectivity index (χ4v) is 5.89. The van der Waals surface area contributed by atoms with E-state index in [9.17, 15) is 0 Å². The summed E-state index contributed by atoms with van der Waals surface area (Å²) in [5, 5.41) is 0. The Bertz CT molecular complexity index is 334. The van der Waals surface area contributed by atoms with Gasteiger partial charge in [-0.25, -0.2) is 0 Å². The minimum Gasteiger partial charge on any atom is -0.375 e. The largest absolute Gasteiger partial charge is 0.375 e. The van der Waals surface area contributed by atoms with Crippen LogP contribution in [0.25, 0.3) is 0 Å². The van der Waals surface area contributed by atoms with Crippen LogP contribution in [-0.4, -0.2) is 12.2 Å². The molecule has 0 N–H and O–H groups in total. The minimum absolute atomic E-state index is 0.247. The molecule has 154 valence electrons. The molecule has 2 aliphatic rings. The summed E-state index contributed by atoms with van der Waals surface area (Å²) in [6.07, 6.45) is 24.4. The SMILES string of the molecule is CCCCCCCC1CCC([C@H]2CC[C@@](CCCC)(OCC)CC2)CC1. The van der Waals surface area contributed by atoms with Gasteiger partial charge >= 0.3 is 0 Å². The van der Waals surface area contributed by atoms with Crippen LogP contribution in [0.15, 0.2) is 0 Å². The highest BCUT2D eigenvalue weighted by atomic mass is 16.5. The molecule has 2 saturated carbocycles. The lowest BCUT2D eigenvalue weighted by Gasteiger charge is -2.43. The molecule has 0 aromatic rings. The second-order valence-corrected chi connectivity index (χ2v) is 9.54. The van der Waals surface area contributed by atoms with Crippen molar-refractivity contribution in [3.63, 3.8) is 0 Å². The van der Waals surface area contributed by atoms with Crippen molar-refractivity contribution in [1.82, 2.24) is 0 Å². The predicted molar refractivity (Wildman–Crippen MR) is 115 cm³/mol. The highest BCUT2D eigenvalue weighted by Crippen LogP contribution is 2.45. The Morgan fingerprint density at radius 1 is 0.692 bits per heavy atom. The summed E-state index contributed by atoms with van der Waals surface area (Å²) >= 11 is 0. The number of rotatable bonds is 12. The first-order valence-corrected chi connectivity index (χ1v) is 12.4. The molecule has 1 heteroatoms. The molecule has 0 heterocycles. The molecule has 2 rings (SSSR count). The maximum absolute atomic E-state index is 6.30. The topological polar surface area (TPSA) is 9.23 Å². The molecular formula is C25H48O. The van der Waals surface area contributed by atoms with Gasteiger partial charge in [0.1, 0.15) is 0 Å². The third-order valence-electron chi connectivity index (χ3n) is 7.65. The van der Waals surface area contributed by atoms with Crippen LogP contribution < -0.4 is 0 Å². The molecule has 2 fully saturated rings. The van der Waals surface area contributed by atoms with Crippen molar-refractivity contribution in [3.8, 4) is 0 Å². The lowest BCUT2D eigenvalue weighted by atomic mass is 9.67. The summed E-state index contributed by atoms with van der Waals surface area (Å²) in [6.45, 7) is 7.71. The first-order valence-electron chi connectivity index (χ1n) is 12.4. The average molecular weight is 365 g/mol. The van der Waals surface area contributed by atoms with Crippen LogP contribution in [0.2, 0.25) is 0 Å². The van der Waals surface area contributed by atoms with E-state index in [4.69, 9.17) is 4.74 Å². The van der Waals surface area contributed by atoms with Crippen LogP contribution in [0.4, 0.5) is 0 Å². The van der Waals surface area contributed by atoms with Gasteiger partial charge < -0.3 is 4.74 Å². The van der Waals surface area contributed by atoms with Gasteiger partial charge in [0.15, 0.2) is 0 Å². The first kappa shape index (κ1) is 22.3. The molecule has 0 radical (unpaired) electrons. The van der Waals surface area contributed by atoms with E-state index in [2.05, 4.69) is 20.8 Å². The molecular weight excluding hydrogens is 316 g/mol. The summed E-state index contributed by atoms with van der Waals surface area (Å²) in [5.74, 6) is 3.11. The Kier molecular flexibility index (Phi) is 10.6. The molecule has 2 aliphatic carbocycles. The van der Waals surface area contributed by atoms with Gasteiger partial charge in [0, 0.05) is 6.61 Å². The Morgan fingerprint density at radius 2 is 1.31 bits per heavy atom. The van der Waals surface area contributed by atoms with Gasteiger partial charge in [0.25, 0.3) is 0 Å². The molecule has 0 amide bonds. The van der Waals surface area contributed by atoms with E-state index in [0.29, 0.717) is 0 Å². The standard InChI is InChI=1S/C25H48O/c1-4-7-9-10-11-12-22-13-15-23(16-14-22)24-17-20-25(21-18-24,26-6-3)19-8-5-2/h22-24H,4-21H2,1-3H3/t22?,23?,24-,25+. The van der Waals surface area contributed by atoms with Crippen molar-refractivity contribution >= 4 is 0 Å². The van der Waals surface area contributed by atoms with Crippen LogP contribution in [-0.2, 0) is 4.74 Å². The normalized spacial score (nSPS) is 32.7. The Morgan fingerprint density at radius 3 is 1.92 bits per heavy atom. The maximum atomic E-state index is 6.30. The van der Waals surface area contributed by atoms with Gasteiger partial charge in [-0.1, -0.05) is 78.1 Å². The Hall–Kier alpha value is -0.0400. The van der Waals surface area contributed by atoms with Crippen LogP contribution in [0.3, 0.4) is 0 Å². The zero-order chi connectivity index (χ0) is 18.7. The van der Waals surface area contributed by atoms with E-state index in [0.717, 1.165) is 24.4 Å². The molecule has 26 heavy (non-hydrogen) atoms. The average Bonchev–Trinajstić information content (AvgIpc) is 2.68. The third kappa shape index (κ3) is 7.17. The van der Waals surface area contributed by atoms with Crippen LogP contribution >= 0.6 is 0 Å². The molecule has 1 nitrogen and oxygen atoms in total. The van der Waals surface area contributed by atoms with E-state index in [-0.39, 0.29) is 5.60 Å². The van der Waals surface area contributed by atoms with Gasteiger partial charge in [0.05, 0.1) is 5.60 Å². The first-order chi connectivity index (χ1) is 12.7. The summed E-state index contributed by atoms with van der Waals surface area (Å²) in [5.41, 5.74) is 0.247. The van der Waals surface area contributed by atoms with E-state index in [1.807, 2.05) is 0 Å². The molecule has 0 aliphatic heterocycles. The molecule has 0 saturated heterocycles. The summed E-state index contributed by atoms with van der Waals surface area (Å²) in [7, 11) is 0. The smallest absolute Gasteiger partial charge is 0.0682 e. The number of hydrogen-bond acceptors (Lipinski definition) is 1. The lowest BCUT2D eigenvalue weighted by molar-refractivity contribution is -0.0853. The van der Waals surface area contributed by atoms with E-state index in [1.165, 1.54) is 109 Å². The predicted octanol–water partition coefficient (Wildman–Crippen LogP) is 8.31. The van der Waals surface area contributed by atoms with Crippen LogP contribution in [0, 0.1) is 17.8 Å². The van der Waals surface area contributed by atoms with E-state index < -0.39 is 0 Å². The minimum atomic E-state index is 0.247.